The number of hydrogen-bond acceptors (Lipinski definition) is 6. The van der Waals surface area contributed by atoms with Gasteiger partial charge in [0.05, 0.1) is 17.6 Å². The number of aromatic nitrogens is 4. The Bertz CT molecular complexity index is 946. The Morgan fingerprint density at radius 3 is 2.92 bits per heavy atom. The molecule has 3 aromatic rings. The Kier molecular flexibility index (Phi) is 3.26. The van der Waals surface area contributed by atoms with Crippen LogP contribution in [-0.4, -0.2) is 25.5 Å². The Labute approximate surface area is 138 Å². The number of nitrogens with zero attached hydrogens (tertiary/aromatic N) is 4. The highest BCUT2D eigenvalue weighted by Crippen LogP contribution is 2.35. The van der Waals surface area contributed by atoms with Crippen molar-refractivity contribution in [2.24, 2.45) is 7.05 Å². The molecule has 3 N–H and O–H groups in total. The van der Waals surface area contributed by atoms with E-state index in [4.69, 9.17) is 5.73 Å². The molecule has 0 amide bonds. The van der Waals surface area contributed by atoms with Crippen LogP contribution in [0.3, 0.4) is 0 Å². The molecule has 0 spiro atoms. The number of carbonyl (C=O) groups is 1. The molecule has 0 unspecified atom stereocenters. The third kappa shape index (κ3) is 2.40. The van der Waals surface area contributed by atoms with E-state index in [0.29, 0.717) is 30.0 Å². The molecule has 0 saturated carbocycles. The molecule has 1 aromatic carbocycles. The van der Waals surface area contributed by atoms with E-state index in [9.17, 15) is 4.79 Å². The highest BCUT2D eigenvalue weighted by atomic mass is 16.1. The number of hydrogen-bond donors (Lipinski definition) is 2. The van der Waals surface area contributed by atoms with Gasteiger partial charge in [-0.05, 0) is 24.1 Å². The van der Waals surface area contributed by atoms with E-state index < -0.39 is 0 Å². The van der Waals surface area contributed by atoms with E-state index in [-0.39, 0.29) is 5.78 Å². The minimum absolute atomic E-state index is 0.104. The predicted molar refractivity (Wildman–Crippen MR) is 91.0 cm³/mol. The summed E-state index contributed by atoms with van der Waals surface area (Å²) in [4.78, 5) is 20.9. The molecule has 0 saturated heterocycles. The summed E-state index contributed by atoms with van der Waals surface area (Å²) in [7, 11) is 1.84. The fourth-order valence-corrected chi connectivity index (χ4v) is 3.04. The average Bonchev–Trinajstić information content (AvgIpc) is 3.15. The van der Waals surface area contributed by atoms with Gasteiger partial charge in [-0.2, -0.15) is 5.10 Å². The van der Waals surface area contributed by atoms with Gasteiger partial charge in [0.15, 0.2) is 5.78 Å². The first-order valence-electron chi connectivity index (χ1n) is 7.65. The van der Waals surface area contributed by atoms with Crippen molar-refractivity contribution in [2.75, 3.05) is 11.1 Å². The van der Waals surface area contributed by atoms with Gasteiger partial charge in [0.2, 0.25) is 5.95 Å². The summed E-state index contributed by atoms with van der Waals surface area (Å²) >= 11 is 0. The highest BCUT2D eigenvalue weighted by Gasteiger charge is 2.25. The number of benzene rings is 1. The molecule has 2 aromatic heterocycles. The summed E-state index contributed by atoms with van der Waals surface area (Å²) in [5.74, 6) is 0.586. The van der Waals surface area contributed by atoms with Gasteiger partial charge >= 0.3 is 0 Å². The Hall–Kier alpha value is -3.22. The van der Waals surface area contributed by atoms with Gasteiger partial charge in [0.1, 0.15) is 0 Å². The summed E-state index contributed by atoms with van der Waals surface area (Å²) in [6.45, 7) is 0. The minimum atomic E-state index is 0.104. The second kappa shape index (κ2) is 5.45. The molecule has 1 aliphatic carbocycles. The van der Waals surface area contributed by atoms with E-state index in [0.717, 1.165) is 22.5 Å². The van der Waals surface area contributed by atoms with Crippen molar-refractivity contribution >= 4 is 23.1 Å². The number of Topliss-reactive ketones (excluding diaryl/α,β-unsaturated/α-hetero) is 1. The Morgan fingerprint density at radius 1 is 1.25 bits per heavy atom. The normalized spacial score (nSPS) is 13.1. The van der Waals surface area contributed by atoms with Crippen LogP contribution in [0.5, 0.6) is 0 Å². The quantitative estimate of drug-likeness (QED) is 0.719. The monoisotopic (exact) mass is 320 g/mol. The summed E-state index contributed by atoms with van der Waals surface area (Å²) in [5.41, 5.74) is 10.6. The SMILES string of the molecule is Cn1cc(Nc2nccc(-c3ccc(N)c4c3CCC4=O)n2)cn1. The molecule has 0 aliphatic heterocycles. The number of anilines is 3. The van der Waals surface area contributed by atoms with Gasteiger partial charge in [0.25, 0.3) is 0 Å². The number of rotatable bonds is 3. The van der Waals surface area contributed by atoms with Crippen molar-refractivity contribution < 1.29 is 4.79 Å². The lowest BCUT2D eigenvalue weighted by atomic mass is 9.99. The number of aryl methyl sites for hydroxylation is 1. The number of ketones is 1. The highest BCUT2D eigenvalue weighted by molar-refractivity contribution is 6.06. The minimum Gasteiger partial charge on any atom is -0.398 e. The molecular formula is C17H16N6O. The topological polar surface area (TPSA) is 98.7 Å². The molecule has 0 bridgehead atoms. The summed E-state index contributed by atoms with van der Waals surface area (Å²) in [6, 6.07) is 5.53. The zero-order chi connectivity index (χ0) is 16.7. The standard InChI is InChI=1S/C17H16N6O/c1-23-9-10(8-20-23)21-17-19-7-6-14(22-17)11-2-4-13(18)16-12(11)3-5-15(16)24/h2,4,6-9H,3,5,18H2,1H3,(H,19,21,22). The maximum absolute atomic E-state index is 12.0. The van der Waals surface area contributed by atoms with Crippen LogP contribution < -0.4 is 11.1 Å². The van der Waals surface area contributed by atoms with Crippen molar-refractivity contribution in [3.05, 3.63) is 47.9 Å². The first-order valence-corrected chi connectivity index (χ1v) is 7.65. The van der Waals surface area contributed by atoms with Gasteiger partial charge in [0, 0.05) is 42.7 Å². The lowest BCUT2D eigenvalue weighted by Crippen LogP contribution is -2.02. The number of nitrogens with one attached hydrogen (secondary N) is 1. The molecule has 7 heteroatoms. The van der Waals surface area contributed by atoms with Gasteiger partial charge in [-0.1, -0.05) is 6.07 Å². The lowest BCUT2D eigenvalue weighted by molar-refractivity contribution is 0.0995. The molecule has 120 valence electrons. The largest absolute Gasteiger partial charge is 0.398 e. The lowest BCUT2D eigenvalue weighted by Gasteiger charge is -2.10. The third-order valence-electron chi connectivity index (χ3n) is 4.12. The van der Waals surface area contributed by atoms with Gasteiger partial charge in [-0.15, -0.1) is 0 Å². The van der Waals surface area contributed by atoms with Crippen molar-refractivity contribution in [3.8, 4) is 11.3 Å². The van der Waals surface area contributed by atoms with E-state index >= 15 is 0 Å². The number of nitrogens with two attached hydrogens (primary N) is 1. The summed E-state index contributed by atoms with van der Waals surface area (Å²) in [6.07, 6.45) is 6.44. The first-order chi connectivity index (χ1) is 11.6. The second-order valence-electron chi connectivity index (χ2n) is 5.77. The Balaban J connectivity index is 1.73. The van der Waals surface area contributed by atoms with Gasteiger partial charge in [-0.3, -0.25) is 9.48 Å². The molecule has 2 heterocycles. The van der Waals surface area contributed by atoms with E-state index in [2.05, 4.69) is 20.4 Å². The van der Waals surface area contributed by atoms with Crippen LogP contribution >= 0.6 is 0 Å². The van der Waals surface area contributed by atoms with Gasteiger partial charge < -0.3 is 11.1 Å². The van der Waals surface area contributed by atoms with Crippen LogP contribution in [0.1, 0.15) is 22.3 Å². The van der Waals surface area contributed by atoms with Crippen molar-refractivity contribution in [3.63, 3.8) is 0 Å². The fraction of sp³-hybridized carbons (Fsp3) is 0.176. The molecule has 7 nitrogen and oxygen atoms in total. The van der Waals surface area contributed by atoms with E-state index in [1.165, 1.54) is 0 Å². The molecule has 0 fully saturated rings. The summed E-state index contributed by atoms with van der Waals surface area (Å²) < 4.78 is 1.70. The average molecular weight is 320 g/mol. The van der Waals surface area contributed by atoms with Crippen LogP contribution in [-0.2, 0) is 13.5 Å². The maximum atomic E-state index is 12.0. The van der Waals surface area contributed by atoms with Crippen LogP contribution in [0.25, 0.3) is 11.3 Å². The van der Waals surface area contributed by atoms with Crippen LogP contribution in [0.4, 0.5) is 17.3 Å². The van der Waals surface area contributed by atoms with Crippen LogP contribution in [0.15, 0.2) is 36.8 Å². The van der Waals surface area contributed by atoms with E-state index in [1.807, 2.05) is 25.4 Å². The number of carbonyl (C=O) groups excluding carboxylic acids is 1. The third-order valence-corrected chi connectivity index (χ3v) is 4.12. The zero-order valence-electron chi connectivity index (χ0n) is 13.2. The maximum Gasteiger partial charge on any atom is 0.227 e. The molecule has 0 atom stereocenters. The van der Waals surface area contributed by atoms with Crippen LogP contribution in [0, 0.1) is 0 Å². The van der Waals surface area contributed by atoms with Crippen molar-refractivity contribution in [1.29, 1.82) is 0 Å². The molecule has 0 radical (unpaired) electrons. The van der Waals surface area contributed by atoms with Crippen molar-refractivity contribution in [1.82, 2.24) is 19.7 Å². The molecule has 24 heavy (non-hydrogen) atoms. The Morgan fingerprint density at radius 2 is 2.12 bits per heavy atom. The zero-order valence-corrected chi connectivity index (χ0v) is 13.2. The van der Waals surface area contributed by atoms with E-state index in [1.54, 1.807) is 23.1 Å². The first kappa shape index (κ1) is 14.4. The predicted octanol–water partition coefficient (Wildman–Crippen LogP) is 2.33. The number of nitrogen functional groups attached to an aromatic ring is 1. The number of fused-ring (bicyclic) bond motifs is 1. The molecule has 1 aliphatic rings. The fourth-order valence-electron chi connectivity index (χ4n) is 3.04. The van der Waals surface area contributed by atoms with Crippen LogP contribution in [0.2, 0.25) is 0 Å². The molecular weight excluding hydrogens is 304 g/mol. The van der Waals surface area contributed by atoms with Gasteiger partial charge in [-0.25, -0.2) is 9.97 Å². The summed E-state index contributed by atoms with van der Waals surface area (Å²) in [5, 5.41) is 7.23. The van der Waals surface area contributed by atoms with Crippen molar-refractivity contribution in [2.45, 2.75) is 12.8 Å². The molecule has 4 rings (SSSR count). The smallest absolute Gasteiger partial charge is 0.227 e. The second-order valence-corrected chi connectivity index (χ2v) is 5.77.